The van der Waals surface area contributed by atoms with Crippen molar-refractivity contribution >= 4 is 17.9 Å². The molecule has 7 nitrogen and oxygen atoms in total. The van der Waals surface area contributed by atoms with E-state index in [9.17, 15) is 14.4 Å². The fourth-order valence-corrected chi connectivity index (χ4v) is 4.90. The summed E-state index contributed by atoms with van der Waals surface area (Å²) < 4.78 is 5.43. The summed E-state index contributed by atoms with van der Waals surface area (Å²) in [5.41, 5.74) is 3.30. The molecule has 2 aromatic rings. The average molecular weight is 536 g/mol. The van der Waals surface area contributed by atoms with Gasteiger partial charge in [0.05, 0.1) is 0 Å². The van der Waals surface area contributed by atoms with E-state index in [1.165, 1.54) is 16.7 Å². The van der Waals surface area contributed by atoms with Crippen molar-refractivity contribution in [2.75, 3.05) is 26.2 Å². The van der Waals surface area contributed by atoms with E-state index in [-0.39, 0.29) is 30.4 Å². The molecule has 7 heteroatoms. The van der Waals surface area contributed by atoms with Gasteiger partial charge >= 0.3 is 6.09 Å². The number of rotatable bonds is 11. The zero-order chi connectivity index (χ0) is 28.3. The summed E-state index contributed by atoms with van der Waals surface area (Å²) >= 11 is 0. The highest BCUT2D eigenvalue weighted by molar-refractivity contribution is 5.97. The van der Waals surface area contributed by atoms with Crippen molar-refractivity contribution in [3.8, 4) is 0 Å². The summed E-state index contributed by atoms with van der Waals surface area (Å²) in [5, 5.41) is 3.15. The van der Waals surface area contributed by atoms with Crippen LogP contribution in [0.5, 0.6) is 0 Å². The van der Waals surface area contributed by atoms with E-state index in [0.29, 0.717) is 26.2 Å². The number of benzene rings is 2. The first-order valence-corrected chi connectivity index (χ1v) is 14.2. The minimum atomic E-state index is -0.556. The van der Waals surface area contributed by atoms with Gasteiger partial charge in [-0.15, -0.1) is 0 Å². The van der Waals surface area contributed by atoms with Crippen molar-refractivity contribution in [1.29, 1.82) is 0 Å². The molecule has 39 heavy (non-hydrogen) atoms. The number of piperazine rings is 1. The first-order valence-electron chi connectivity index (χ1n) is 14.2. The molecule has 0 bridgehead atoms. The third kappa shape index (κ3) is 11.1. The Balaban J connectivity index is 1.47. The maximum atomic E-state index is 12.9. The molecule has 3 rings (SSSR count). The molecule has 1 atom stereocenters. The van der Waals surface area contributed by atoms with Gasteiger partial charge in [-0.1, -0.05) is 60.2 Å². The van der Waals surface area contributed by atoms with Gasteiger partial charge in [0.2, 0.25) is 11.8 Å². The SMILES string of the molecule is Cc1cccc(CCCC(CCCc2ccccc2)NC(=O)CC(=O)N2CCN(C(=O)OC(C)(C)C)CC2)c1. The quantitative estimate of drug-likeness (QED) is 0.396. The fourth-order valence-electron chi connectivity index (χ4n) is 4.90. The first-order chi connectivity index (χ1) is 18.6. The molecule has 212 valence electrons. The molecule has 0 spiro atoms. The van der Waals surface area contributed by atoms with E-state index in [1.807, 2.05) is 26.8 Å². The lowest BCUT2D eigenvalue weighted by Crippen LogP contribution is -2.52. The topological polar surface area (TPSA) is 79.0 Å². The summed E-state index contributed by atoms with van der Waals surface area (Å²) in [4.78, 5) is 41.3. The van der Waals surface area contributed by atoms with Crippen LogP contribution >= 0.6 is 0 Å². The van der Waals surface area contributed by atoms with Crippen LogP contribution in [0.4, 0.5) is 4.79 Å². The molecule has 1 unspecified atom stereocenters. The van der Waals surface area contributed by atoms with Gasteiger partial charge in [0.1, 0.15) is 12.0 Å². The van der Waals surface area contributed by atoms with Gasteiger partial charge in [-0.2, -0.15) is 0 Å². The number of nitrogens with one attached hydrogen (secondary N) is 1. The second-order valence-electron chi connectivity index (χ2n) is 11.5. The highest BCUT2D eigenvalue weighted by Gasteiger charge is 2.28. The Morgan fingerprint density at radius 3 is 2.05 bits per heavy atom. The smallest absolute Gasteiger partial charge is 0.410 e. The monoisotopic (exact) mass is 535 g/mol. The second kappa shape index (κ2) is 14.7. The van der Waals surface area contributed by atoms with Gasteiger partial charge in [-0.05, 0) is 77.3 Å². The molecule has 0 radical (unpaired) electrons. The molecule has 1 saturated heterocycles. The largest absolute Gasteiger partial charge is 0.444 e. The summed E-state index contributed by atoms with van der Waals surface area (Å²) in [5.74, 6) is -0.422. The number of nitrogens with zero attached hydrogens (tertiary/aromatic N) is 2. The molecule has 1 N–H and O–H groups in total. The van der Waals surface area contributed by atoms with Gasteiger partial charge in [-0.25, -0.2) is 4.79 Å². The van der Waals surface area contributed by atoms with Crippen LogP contribution in [-0.2, 0) is 27.2 Å². The molecule has 1 aliphatic rings. The van der Waals surface area contributed by atoms with Crippen molar-refractivity contribution in [1.82, 2.24) is 15.1 Å². The minimum absolute atomic E-state index is 0.0304. The first kappa shape index (κ1) is 30.2. The van der Waals surface area contributed by atoms with Crippen molar-refractivity contribution in [2.24, 2.45) is 0 Å². The molecule has 3 amide bonds. The summed E-state index contributed by atoms with van der Waals surface area (Å²) in [6.45, 7) is 9.23. The molecule has 2 aromatic carbocycles. The molecular formula is C32H45N3O4. The van der Waals surface area contributed by atoms with E-state index in [1.54, 1.807) is 9.80 Å². The van der Waals surface area contributed by atoms with Crippen LogP contribution < -0.4 is 5.32 Å². The second-order valence-corrected chi connectivity index (χ2v) is 11.5. The molecule has 1 heterocycles. The number of hydrogen-bond donors (Lipinski definition) is 1. The number of carbonyl (C=O) groups is 3. The zero-order valence-electron chi connectivity index (χ0n) is 24.1. The predicted molar refractivity (Wildman–Crippen MR) is 154 cm³/mol. The van der Waals surface area contributed by atoms with E-state index < -0.39 is 5.60 Å². The van der Waals surface area contributed by atoms with Gasteiger partial charge in [0, 0.05) is 32.2 Å². The van der Waals surface area contributed by atoms with Crippen LogP contribution in [0.3, 0.4) is 0 Å². The fraction of sp³-hybridized carbons (Fsp3) is 0.531. The summed E-state index contributed by atoms with van der Waals surface area (Å²) in [6.07, 6.45) is 5.09. The van der Waals surface area contributed by atoms with Crippen LogP contribution in [0.2, 0.25) is 0 Å². The van der Waals surface area contributed by atoms with E-state index >= 15 is 0 Å². The van der Waals surface area contributed by atoms with Crippen molar-refractivity contribution in [3.05, 3.63) is 71.3 Å². The zero-order valence-corrected chi connectivity index (χ0v) is 24.1. The number of hydrogen-bond acceptors (Lipinski definition) is 4. The van der Waals surface area contributed by atoms with Crippen molar-refractivity contribution in [3.63, 3.8) is 0 Å². The van der Waals surface area contributed by atoms with Crippen LogP contribution in [0.1, 0.15) is 69.6 Å². The summed E-state index contributed by atoms with van der Waals surface area (Å²) in [7, 11) is 0. The van der Waals surface area contributed by atoms with Crippen LogP contribution in [0, 0.1) is 6.92 Å². The van der Waals surface area contributed by atoms with Gasteiger partial charge in [-0.3, -0.25) is 9.59 Å². The lowest BCUT2D eigenvalue weighted by molar-refractivity contribution is -0.137. The number of ether oxygens (including phenoxy) is 1. The maximum Gasteiger partial charge on any atom is 0.410 e. The number of amides is 3. The van der Waals surface area contributed by atoms with Gasteiger partial charge in [0.15, 0.2) is 0 Å². The summed E-state index contributed by atoms with van der Waals surface area (Å²) in [6, 6.07) is 19.0. The van der Waals surface area contributed by atoms with Crippen molar-refractivity contribution in [2.45, 2.75) is 84.3 Å². The molecule has 0 saturated carbocycles. The van der Waals surface area contributed by atoms with E-state index in [0.717, 1.165) is 38.5 Å². The Morgan fingerprint density at radius 2 is 1.44 bits per heavy atom. The lowest BCUT2D eigenvalue weighted by atomic mass is 9.98. The third-order valence-corrected chi connectivity index (χ3v) is 6.92. The predicted octanol–water partition coefficient (Wildman–Crippen LogP) is 5.29. The molecule has 1 fully saturated rings. The van der Waals surface area contributed by atoms with Gasteiger partial charge in [0.25, 0.3) is 0 Å². The van der Waals surface area contributed by atoms with Crippen LogP contribution in [0.25, 0.3) is 0 Å². The van der Waals surface area contributed by atoms with Crippen molar-refractivity contribution < 1.29 is 19.1 Å². The maximum absolute atomic E-state index is 12.9. The Labute approximate surface area is 233 Å². The Morgan fingerprint density at radius 1 is 0.846 bits per heavy atom. The molecule has 0 aliphatic carbocycles. The standard InChI is InChI=1S/C32H45N3O4/c1-25-11-8-15-27(23-25)16-10-18-28(17-9-14-26-12-6-5-7-13-26)33-29(36)24-30(37)34-19-21-35(22-20-34)31(38)39-32(2,3)4/h5-8,11-13,15,23,28H,9-10,14,16-22,24H2,1-4H3,(H,33,36). The van der Waals surface area contributed by atoms with E-state index in [2.05, 4.69) is 60.8 Å². The van der Waals surface area contributed by atoms with Crippen LogP contribution in [0.15, 0.2) is 54.6 Å². The minimum Gasteiger partial charge on any atom is -0.444 e. The normalized spacial score (nSPS) is 14.6. The Hall–Kier alpha value is -3.35. The Bertz CT molecular complexity index is 1070. The molecular weight excluding hydrogens is 490 g/mol. The average Bonchev–Trinajstić information content (AvgIpc) is 2.88. The molecule has 1 aliphatic heterocycles. The molecule has 0 aromatic heterocycles. The highest BCUT2D eigenvalue weighted by atomic mass is 16.6. The Kier molecular flexibility index (Phi) is 11.4. The third-order valence-electron chi connectivity index (χ3n) is 6.92. The van der Waals surface area contributed by atoms with Crippen LogP contribution in [-0.4, -0.2) is 65.5 Å². The number of carbonyl (C=O) groups excluding carboxylic acids is 3. The van der Waals surface area contributed by atoms with E-state index in [4.69, 9.17) is 4.74 Å². The van der Waals surface area contributed by atoms with Gasteiger partial charge < -0.3 is 19.9 Å². The lowest BCUT2D eigenvalue weighted by Gasteiger charge is -2.35. The highest BCUT2D eigenvalue weighted by Crippen LogP contribution is 2.15. The number of aryl methyl sites for hydroxylation is 3.